The topological polar surface area (TPSA) is 75.4 Å². The number of aromatic hydroxyl groups is 1. The van der Waals surface area contributed by atoms with Crippen LogP contribution in [0.1, 0.15) is 24.2 Å². The van der Waals surface area contributed by atoms with E-state index in [1.165, 1.54) is 12.1 Å². The minimum Gasteiger partial charge on any atom is -0.506 e. The second-order valence-corrected chi connectivity index (χ2v) is 3.93. The van der Waals surface area contributed by atoms with Crippen molar-refractivity contribution in [1.29, 1.82) is 0 Å². The lowest BCUT2D eigenvalue weighted by atomic mass is 10.1. The minimum absolute atomic E-state index is 0.0172. The molecule has 0 aliphatic rings. The molecule has 0 bridgehead atoms. The Labute approximate surface area is 93.0 Å². The maximum atomic E-state index is 11.6. The molecule has 0 spiro atoms. The van der Waals surface area contributed by atoms with Gasteiger partial charge in [-0.15, -0.1) is 0 Å². The number of carbonyl (C=O) groups excluding carboxylic acids is 1. The van der Waals surface area contributed by atoms with Crippen LogP contribution in [0.3, 0.4) is 0 Å². The van der Waals surface area contributed by atoms with Crippen LogP contribution < -0.4 is 11.1 Å². The molecule has 1 amide bonds. The number of benzene rings is 1. The zero-order chi connectivity index (χ0) is 11.6. The Kier molecular flexibility index (Phi) is 3.42. The van der Waals surface area contributed by atoms with Gasteiger partial charge in [-0.25, -0.2) is 0 Å². The molecule has 15 heavy (non-hydrogen) atoms. The van der Waals surface area contributed by atoms with Gasteiger partial charge in [0.05, 0.1) is 16.3 Å². The van der Waals surface area contributed by atoms with Crippen molar-refractivity contribution in [1.82, 2.24) is 5.32 Å². The maximum Gasteiger partial charge on any atom is 0.253 e. The van der Waals surface area contributed by atoms with Crippen LogP contribution in [0.5, 0.6) is 5.75 Å². The molecular formula is C10H13ClN2O2. The standard InChI is InChI=1S/C10H13ClN2O2/c1-5(2)13-10(15)6-3-8(12)9(14)4-7(6)11/h3-5,14H,12H2,1-2H3,(H,13,15). The first-order chi connectivity index (χ1) is 6.91. The molecule has 4 nitrogen and oxygen atoms in total. The third kappa shape index (κ3) is 2.76. The summed E-state index contributed by atoms with van der Waals surface area (Å²) < 4.78 is 0. The van der Waals surface area contributed by atoms with E-state index in [9.17, 15) is 9.90 Å². The van der Waals surface area contributed by atoms with E-state index >= 15 is 0 Å². The number of rotatable bonds is 2. The monoisotopic (exact) mass is 228 g/mol. The molecule has 5 heteroatoms. The van der Waals surface area contributed by atoms with E-state index in [2.05, 4.69) is 5.32 Å². The van der Waals surface area contributed by atoms with E-state index in [1.807, 2.05) is 13.8 Å². The van der Waals surface area contributed by atoms with E-state index in [0.717, 1.165) is 0 Å². The second kappa shape index (κ2) is 4.40. The van der Waals surface area contributed by atoms with E-state index < -0.39 is 0 Å². The lowest BCUT2D eigenvalue weighted by Crippen LogP contribution is -2.30. The summed E-state index contributed by atoms with van der Waals surface area (Å²) >= 11 is 5.80. The Morgan fingerprint density at radius 1 is 1.53 bits per heavy atom. The van der Waals surface area contributed by atoms with Crippen LogP contribution in [-0.4, -0.2) is 17.1 Å². The van der Waals surface area contributed by atoms with Gasteiger partial charge in [0.2, 0.25) is 0 Å². The molecule has 82 valence electrons. The molecule has 1 aromatic rings. The highest BCUT2D eigenvalue weighted by atomic mass is 35.5. The summed E-state index contributed by atoms with van der Waals surface area (Å²) in [6, 6.07) is 2.63. The zero-order valence-corrected chi connectivity index (χ0v) is 9.30. The summed E-state index contributed by atoms with van der Waals surface area (Å²) in [5, 5.41) is 12.1. The molecular weight excluding hydrogens is 216 g/mol. The van der Waals surface area contributed by atoms with E-state index in [-0.39, 0.29) is 34.0 Å². The number of amides is 1. The fourth-order valence-electron chi connectivity index (χ4n) is 1.09. The molecule has 1 aromatic carbocycles. The number of hydrogen-bond donors (Lipinski definition) is 3. The molecule has 0 radical (unpaired) electrons. The first kappa shape index (κ1) is 11.7. The van der Waals surface area contributed by atoms with Crippen molar-refractivity contribution < 1.29 is 9.90 Å². The molecule has 0 unspecified atom stereocenters. The molecule has 0 aromatic heterocycles. The molecule has 0 heterocycles. The van der Waals surface area contributed by atoms with Crippen LogP contribution >= 0.6 is 11.6 Å². The van der Waals surface area contributed by atoms with Crippen molar-refractivity contribution in [2.24, 2.45) is 0 Å². The zero-order valence-electron chi connectivity index (χ0n) is 8.54. The van der Waals surface area contributed by atoms with Gasteiger partial charge in [0.1, 0.15) is 5.75 Å². The van der Waals surface area contributed by atoms with Crippen molar-refractivity contribution in [2.45, 2.75) is 19.9 Å². The number of nitrogens with two attached hydrogens (primary N) is 1. The Morgan fingerprint density at radius 2 is 2.13 bits per heavy atom. The number of carbonyl (C=O) groups is 1. The summed E-state index contributed by atoms with van der Waals surface area (Å²) in [6.45, 7) is 3.69. The number of halogens is 1. The van der Waals surface area contributed by atoms with Crippen LogP contribution in [0.15, 0.2) is 12.1 Å². The van der Waals surface area contributed by atoms with Crippen molar-refractivity contribution in [2.75, 3.05) is 5.73 Å². The summed E-state index contributed by atoms with van der Waals surface area (Å²) in [5.41, 5.74) is 5.87. The summed E-state index contributed by atoms with van der Waals surface area (Å²) in [4.78, 5) is 11.6. The van der Waals surface area contributed by atoms with Gasteiger partial charge in [-0.1, -0.05) is 11.6 Å². The Bertz CT molecular complexity index is 391. The van der Waals surface area contributed by atoms with Gasteiger partial charge in [-0.3, -0.25) is 4.79 Å². The van der Waals surface area contributed by atoms with Crippen LogP contribution in [0.2, 0.25) is 5.02 Å². The number of anilines is 1. The molecule has 1 rings (SSSR count). The molecule has 0 fully saturated rings. The Hall–Kier alpha value is -1.42. The minimum atomic E-state index is -0.304. The van der Waals surface area contributed by atoms with Crippen LogP contribution in [0, 0.1) is 0 Å². The Morgan fingerprint density at radius 3 is 2.67 bits per heavy atom. The van der Waals surface area contributed by atoms with Gasteiger partial charge >= 0.3 is 0 Å². The summed E-state index contributed by atoms with van der Waals surface area (Å²) in [6.07, 6.45) is 0. The van der Waals surface area contributed by atoms with E-state index in [4.69, 9.17) is 17.3 Å². The highest BCUT2D eigenvalue weighted by molar-refractivity contribution is 6.34. The third-order valence-electron chi connectivity index (χ3n) is 1.78. The van der Waals surface area contributed by atoms with Crippen molar-refractivity contribution in [3.63, 3.8) is 0 Å². The normalized spacial score (nSPS) is 10.4. The molecule has 0 saturated carbocycles. The van der Waals surface area contributed by atoms with Gasteiger partial charge in [-0.05, 0) is 19.9 Å². The highest BCUT2D eigenvalue weighted by Gasteiger charge is 2.13. The second-order valence-electron chi connectivity index (χ2n) is 3.52. The van der Waals surface area contributed by atoms with Crippen LogP contribution in [0.4, 0.5) is 5.69 Å². The number of phenolic OH excluding ortho intramolecular Hbond substituents is 1. The van der Waals surface area contributed by atoms with Crippen molar-refractivity contribution in [3.05, 3.63) is 22.7 Å². The SMILES string of the molecule is CC(C)NC(=O)c1cc(N)c(O)cc1Cl. The predicted molar refractivity (Wildman–Crippen MR) is 60.1 cm³/mol. The van der Waals surface area contributed by atoms with Crippen LogP contribution in [0.25, 0.3) is 0 Å². The average Bonchev–Trinajstić information content (AvgIpc) is 2.09. The quantitative estimate of drug-likeness (QED) is 0.533. The number of hydrogen-bond acceptors (Lipinski definition) is 3. The summed E-state index contributed by atoms with van der Waals surface area (Å²) in [5.74, 6) is -0.428. The lowest BCUT2D eigenvalue weighted by molar-refractivity contribution is 0.0943. The average molecular weight is 229 g/mol. The maximum absolute atomic E-state index is 11.6. The molecule has 0 saturated heterocycles. The van der Waals surface area contributed by atoms with Crippen molar-refractivity contribution >= 4 is 23.2 Å². The molecule has 4 N–H and O–H groups in total. The van der Waals surface area contributed by atoms with Crippen molar-refractivity contribution in [3.8, 4) is 5.75 Å². The lowest BCUT2D eigenvalue weighted by Gasteiger charge is -2.10. The number of nitrogen functional groups attached to an aromatic ring is 1. The number of nitrogens with one attached hydrogen (secondary N) is 1. The largest absolute Gasteiger partial charge is 0.506 e. The smallest absolute Gasteiger partial charge is 0.253 e. The predicted octanol–water partition coefficient (Wildman–Crippen LogP) is 1.77. The van der Waals surface area contributed by atoms with Gasteiger partial charge in [-0.2, -0.15) is 0 Å². The van der Waals surface area contributed by atoms with Gasteiger partial charge in [0.15, 0.2) is 0 Å². The van der Waals surface area contributed by atoms with E-state index in [1.54, 1.807) is 0 Å². The van der Waals surface area contributed by atoms with Gasteiger partial charge in [0, 0.05) is 12.1 Å². The van der Waals surface area contributed by atoms with Gasteiger partial charge < -0.3 is 16.2 Å². The summed E-state index contributed by atoms with van der Waals surface area (Å²) in [7, 11) is 0. The highest BCUT2D eigenvalue weighted by Crippen LogP contribution is 2.27. The molecule has 0 aliphatic carbocycles. The Balaban J connectivity index is 3.04. The third-order valence-corrected chi connectivity index (χ3v) is 2.09. The van der Waals surface area contributed by atoms with E-state index in [0.29, 0.717) is 0 Å². The number of phenols is 1. The fraction of sp³-hybridized carbons (Fsp3) is 0.300. The fourth-order valence-corrected chi connectivity index (χ4v) is 1.34. The first-order valence-corrected chi connectivity index (χ1v) is 4.88. The first-order valence-electron chi connectivity index (χ1n) is 4.50. The van der Waals surface area contributed by atoms with Gasteiger partial charge in [0.25, 0.3) is 5.91 Å². The molecule has 0 aliphatic heterocycles. The van der Waals surface area contributed by atoms with Crippen LogP contribution in [-0.2, 0) is 0 Å². The molecule has 0 atom stereocenters.